The van der Waals surface area contributed by atoms with E-state index in [1.807, 2.05) is 26.0 Å². The summed E-state index contributed by atoms with van der Waals surface area (Å²) in [4.78, 5) is 11.3. The van der Waals surface area contributed by atoms with Crippen molar-refractivity contribution in [3.63, 3.8) is 0 Å². The predicted molar refractivity (Wildman–Crippen MR) is 56.5 cm³/mol. The van der Waals surface area contributed by atoms with Crippen LogP contribution in [0.25, 0.3) is 0 Å². The van der Waals surface area contributed by atoms with Gasteiger partial charge in [0.25, 0.3) is 0 Å². The highest BCUT2D eigenvalue weighted by molar-refractivity contribution is 5.77. The van der Waals surface area contributed by atoms with Crippen molar-refractivity contribution in [1.29, 1.82) is 0 Å². The summed E-state index contributed by atoms with van der Waals surface area (Å²) in [5.41, 5.74) is 0. The summed E-state index contributed by atoms with van der Waals surface area (Å²) in [5.74, 6) is 0.787. The molecule has 1 amide bonds. The van der Waals surface area contributed by atoms with Crippen LogP contribution in [0.2, 0.25) is 0 Å². The van der Waals surface area contributed by atoms with Gasteiger partial charge in [-0.05, 0) is 26.0 Å². The second-order valence-electron chi connectivity index (χ2n) is 3.39. The zero-order chi connectivity index (χ0) is 11.1. The van der Waals surface area contributed by atoms with E-state index in [-0.39, 0.29) is 18.6 Å². The normalized spacial score (nSPS) is 12.4. The summed E-state index contributed by atoms with van der Waals surface area (Å²) in [6.45, 7) is 4.48. The van der Waals surface area contributed by atoms with Crippen molar-refractivity contribution in [2.75, 3.05) is 13.2 Å². The Morgan fingerprint density at radius 1 is 1.67 bits per heavy atom. The van der Waals surface area contributed by atoms with Crippen molar-refractivity contribution in [1.82, 2.24) is 5.32 Å². The number of rotatable bonds is 6. The van der Waals surface area contributed by atoms with Crippen molar-refractivity contribution in [3.05, 3.63) is 24.2 Å². The highest BCUT2D eigenvalue weighted by atomic mass is 16.5. The second-order valence-corrected chi connectivity index (χ2v) is 3.39. The molecule has 0 aliphatic rings. The maximum atomic E-state index is 11.3. The van der Waals surface area contributed by atoms with E-state index in [0.29, 0.717) is 13.0 Å². The lowest BCUT2D eigenvalue weighted by molar-refractivity contribution is -0.126. The summed E-state index contributed by atoms with van der Waals surface area (Å²) in [5, 5.41) is 2.83. The molecule has 0 bridgehead atoms. The number of hydrogen-bond donors (Lipinski definition) is 1. The van der Waals surface area contributed by atoms with Crippen LogP contribution in [0.1, 0.15) is 19.6 Å². The molecule has 4 heteroatoms. The molecule has 1 aromatic heterocycles. The number of amides is 1. The van der Waals surface area contributed by atoms with Crippen LogP contribution in [-0.4, -0.2) is 25.2 Å². The first-order valence-corrected chi connectivity index (χ1v) is 5.12. The quantitative estimate of drug-likeness (QED) is 0.773. The minimum Gasteiger partial charge on any atom is -0.469 e. The highest BCUT2D eigenvalue weighted by Gasteiger charge is 2.09. The standard InChI is InChI=1S/C11H17NO3/c1-3-14-8-11(13)12-9(2)7-10-5-4-6-15-10/h4-6,9H,3,7-8H2,1-2H3,(H,12,13)/t9-/m0/s1. The third-order valence-corrected chi connectivity index (χ3v) is 1.93. The molecule has 0 unspecified atom stereocenters. The maximum absolute atomic E-state index is 11.3. The van der Waals surface area contributed by atoms with Crippen molar-refractivity contribution in [2.24, 2.45) is 0 Å². The molecule has 1 rings (SSSR count). The molecule has 0 aliphatic heterocycles. The zero-order valence-electron chi connectivity index (χ0n) is 9.16. The molecule has 1 heterocycles. The van der Waals surface area contributed by atoms with E-state index in [0.717, 1.165) is 5.76 Å². The molecule has 1 aromatic rings. The molecule has 15 heavy (non-hydrogen) atoms. The average Bonchev–Trinajstić information content (AvgIpc) is 2.67. The van der Waals surface area contributed by atoms with Gasteiger partial charge in [-0.2, -0.15) is 0 Å². The topological polar surface area (TPSA) is 51.5 Å². The minimum atomic E-state index is -0.0871. The average molecular weight is 211 g/mol. The predicted octanol–water partition coefficient (Wildman–Crippen LogP) is 1.36. The van der Waals surface area contributed by atoms with Crippen LogP contribution in [0.15, 0.2) is 22.8 Å². The van der Waals surface area contributed by atoms with Gasteiger partial charge in [-0.1, -0.05) is 0 Å². The van der Waals surface area contributed by atoms with Crippen LogP contribution in [0.3, 0.4) is 0 Å². The lowest BCUT2D eigenvalue weighted by atomic mass is 10.2. The van der Waals surface area contributed by atoms with Crippen molar-refractivity contribution in [2.45, 2.75) is 26.3 Å². The Bertz CT molecular complexity index is 282. The fourth-order valence-electron chi connectivity index (χ4n) is 1.29. The van der Waals surface area contributed by atoms with Crippen LogP contribution >= 0.6 is 0 Å². The third kappa shape index (κ3) is 4.65. The fraction of sp³-hybridized carbons (Fsp3) is 0.545. The monoisotopic (exact) mass is 211 g/mol. The summed E-state index contributed by atoms with van der Waals surface area (Å²) in [7, 11) is 0. The smallest absolute Gasteiger partial charge is 0.246 e. The number of ether oxygens (including phenoxy) is 1. The van der Waals surface area contributed by atoms with Crippen LogP contribution in [0.5, 0.6) is 0 Å². The number of nitrogens with one attached hydrogen (secondary N) is 1. The van der Waals surface area contributed by atoms with Gasteiger partial charge >= 0.3 is 0 Å². The lowest BCUT2D eigenvalue weighted by Crippen LogP contribution is -2.36. The molecule has 0 aromatic carbocycles. The third-order valence-electron chi connectivity index (χ3n) is 1.93. The Hall–Kier alpha value is -1.29. The summed E-state index contributed by atoms with van der Waals surface area (Å²) >= 11 is 0. The number of furan rings is 1. The molecule has 0 aliphatic carbocycles. The minimum absolute atomic E-state index is 0.0594. The van der Waals surface area contributed by atoms with Crippen LogP contribution in [0.4, 0.5) is 0 Å². The van der Waals surface area contributed by atoms with Gasteiger partial charge in [-0.3, -0.25) is 4.79 Å². The highest BCUT2D eigenvalue weighted by Crippen LogP contribution is 2.03. The van der Waals surface area contributed by atoms with Crippen LogP contribution in [0, 0.1) is 0 Å². The SMILES string of the molecule is CCOCC(=O)N[C@@H](C)Cc1ccco1. The van der Waals surface area contributed by atoms with Crippen molar-refractivity contribution in [3.8, 4) is 0 Å². The van der Waals surface area contributed by atoms with Gasteiger partial charge in [-0.15, -0.1) is 0 Å². The number of carbonyl (C=O) groups excluding carboxylic acids is 1. The molecule has 84 valence electrons. The van der Waals surface area contributed by atoms with E-state index in [2.05, 4.69) is 5.32 Å². The van der Waals surface area contributed by atoms with E-state index in [4.69, 9.17) is 9.15 Å². The van der Waals surface area contributed by atoms with Gasteiger partial charge in [0.2, 0.25) is 5.91 Å². The largest absolute Gasteiger partial charge is 0.469 e. The van der Waals surface area contributed by atoms with Gasteiger partial charge in [0.1, 0.15) is 12.4 Å². The van der Waals surface area contributed by atoms with Gasteiger partial charge in [0.15, 0.2) is 0 Å². The molecule has 1 N–H and O–H groups in total. The molecule has 0 fully saturated rings. The van der Waals surface area contributed by atoms with Crippen LogP contribution < -0.4 is 5.32 Å². The Morgan fingerprint density at radius 2 is 2.47 bits per heavy atom. The lowest BCUT2D eigenvalue weighted by Gasteiger charge is -2.12. The molecule has 4 nitrogen and oxygen atoms in total. The van der Waals surface area contributed by atoms with E-state index in [1.165, 1.54) is 0 Å². The molecule has 0 saturated heterocycles. The summed E-state index contributed by atoms with van der Waals surface area (Å²) < 4.78 is 10.2. The first kappa shape index (κ1) is 11.8. The van der Waals surface area contributed by atoms with Crippen molar-refractivity contribution < 1.29 is 13.9 Å². The van der Waals surface area contributed by atoms with E-state index >= 15 is 0 Å². The van der Waals surface area contributed by atoms with E-state index in [1.54, 1.807) is 6.26 Å². The van der Waals surface area contributed by atoms with Gasteiger partial charge in [0, 0.05) is 19.1 Å². The molecular formula is C11H17NO3. The summed E-state index contributed by atoms with van der Waals surface area (Å²) in [6, 6.07) is 3.79. The van der Waals surface area contributed by atoms with Crippen LogP contribution in [-0.2, 0) is 16.0 Å². The maximum Gasteiger partial charge on any atom is 0.246 e. The number of carbonyl (C=O) groups is 1. The van der Waals surface area contributed by atoms with E-state index in [9.17, 15) is 4.79 Å². The van der Waals surface area contributed by atoms with E-state index < -0.39 is 0 Å². The number of hydrogen-bond acceptors (Lipinski definition) is 3. The first-order chi connectivity index (χ1) is 7.22. The Balaban J connectivity index is 2.23. The molecule has 0 spiro atoms. The van der Waals surface area contributed by atoms with Gasteiger partial charge in [0.05, 0.1) is 6.26 Å². The Labute approximate surface area is 89.6 Å². The van der Waals surface area contributed by atoms with Gasteiger partial charge in [-0.25, -0.2) is 0 Å². The second kappa shape index (κ2) is 6.24. The molecular weight excluding hydrogens is 194 g/mol. The Morgan fingerprint density at radius 3 is 3.07 bits per heavy atom. The van der Waals surface area contributed by atoms with Gasteiger partial charge < -0.3 is 14.5 Å². The zero-order valence-corrected chi connectivity index (χ0v) is 9.16. The first-order valence-electron chi connectivity index (χ1n) is 5.12. The molecule has 0 radical (unpaired) electrons. The molecule has 1 atom stereocenters. The van der Waals surface area contributed by atoms with Crippen molar-refractivity contribution >= 4 is 5.91 Å². The summed E-state index contributed by atoms with van der Waals surface area (Å²) in [6.07, 6.45) is 2.33. The molecule has 0 saturated carbocycles. The Kier molecular flexibility index (Phi) is 4.90. The fourth-order valence-corrected chi connectivity index (χ4v) is 1.29.